The molecule has 2 saturated heterocycles. The van der Waals surface area contributed by atoms with Gasteiger partial charge in [-0.3, -0.25) is 14.6 Å². The molecule has 2 aliphatic heterocycles. The third-order valence-corrected chi connectivity index (χ3v) is 5.92. The largest absolute Gasteiger partial charge is 0.476 e. The van der Waals surface area contributed by atoms with Crippen LogP contribution in [0.1, 0.15) is 24.8 Å². The maximum atomic E-state index is 5.92. The molecule has 7 heteroatoms. The van der Waals surface area contributed by atoms with Gasteiger partial charge in [0.2, 0.25) is 5.88 Å². The Morgan fingerprint density at radius 3 is 2.85 bits per heavy atom. The average molecular weight is 357 g/mol. The van der Waals surface area contributed by atoms with Crippen LogP contribution in [0.5, 0.6) is 5.88 Å². The fourth-order valence-corrected chi connectivity index (χ4v) is 4.28. The summed E-state index contributed by atoms with van der Waals surface area (Å²) in [6, 6.07) is 0. The van der Waals surface area contributed by atoms with E-state index in [4.69, 9.17) is 9.47 Å². The highest BCUT2D eigenvalue weighted by Gasteiger charge is 2.43. The van der Waals surface area contributed by atoms with Gasteiger partial charge < -0.3 is 9.47 Å². The average Bonchev–Trinajstić information content (AvgIpc) is 3.09. The van der Waals surface area contributed by atoms with E-state index in [1.54, 1.807) is 18.6 Å². The molecule has 0 amide bonds. The van der Waals surface area contributed by atoms with Gasteiger partial charge in [-0.15, -0.1) is 0 Å². The fourth-order valence-electron chi connectivity index (χ4n) is 4.28. The first-order chi connectivity index (χ1) is 12.7. The minimum Gasteiger partial charge on any atom is -0.476 e. The molecule has 7 nitrogen and oxygen atoms in total. The van der Waals surface area contributed by atoms with Crippen LogP contribution in [-0.2, 0) is 18.3 Å². The molecule has 1 spiro atoms. The predicted octanol–water partition coefficient (Wildman–Crippen LogP) is 1.91. The van der Waals surface area contributed by atoms with Gasteiger partial charge in [0, 0.05) is 50.3 Å². The Morgan fingerprint density at radius 2 is 2.12 bits per heavy atom. The van der Waals surface area contributed by atoms with Gasteiger partial charge in [-0.05, 0) is 37.8 Å². The summed E-state index contributed by atoms with van der Waals surface area (Å²) in [6.45, 7) is 5.53. The van der Waals surface area contributed by atoms with Crippen molar-refractivity contribution in [2.45, 2.75) is 25.8 Å². The standard InChI is InChI=1S/C19H27N5O2/c1-23-12-16(10-22-23)13-24-7-2-19(3-8-24)4-9-25-14-17(19)15-26-18-11-20-5-6-21-18/h5-6,10-12,17H,2-4,7-9,13-15H2,1H3/t17-/m1/s1. The molecule has 0 aromatic carbocycles. The van der Waals surface area contributed by atoms with E-state index in [9.17, 15) is 0 Å². The number of piperidine rings is 1. The van der Waals surface area contributed by atoms with Gasteiger partial charge >= 0.3 is 0 Å². The van der Waals surface area contributed by atoms with Crippen molar-refractivity contribution in [2.24, 2.45) is 18.4 Å². The lowest BCUT2D eigenvalue weighted by Gasteiger charge is -2.48. The number of aromatic nitrogens is 4. The number of hydrogen-bond donors (Lipinski definition) is 0. The number of likely N-dealkylation sites (tertiary alicyclic amines) is 1. The number of rotatable bonds is 5. The number of aryl methyl sites for hydroxylation is 1. The van der Waals surface area contributed by atoms with Crippen LogP contribution in [0.3, 0.4) is 0 Å². The maximum absolute atomic E-state index is 5.92. The first-order valence-electron chi connectivity index (χ1n) is 9.40. The van der Waals surface area contributed by atoms with Gasteiger partial charge in [0.25, 0.3) is 0 Å². The van der Waals surface area contributed by atoms with Crippen molar-refractivity contribution >= 4 is 0 Å². The van der Waals surface area contributed by atoms with Gasteiger partial charge in [-0.2, -0.15) is 5.10 Å². The van der Waals surface area contributed by atoms with Crippen molar-refractivity contribution in [3.63, 3.8) is 0 Å². The van der Waals surface area contributed by atoms with Crippen LogP contribution >= 0.6 is 0 Å². The van der Waals surface area contributed by atoms with Crippen molar-refractivity contribution in [1.29, 1.82) is 0 Å². The fraction of sp³-hybridized carbons (Fsp3) is 0.632. The predicted molar refractivity (Wildman–Crippen MR) is 96.6 cm³/mol. The maximum Gasteiger partial charge on any atom is 0.232 e. The van der Waals surface area contributed by atoms with Crippen LogP contribution in [0.2, 0.25) is 0 Å². The number of nitrogens with zero attached hydrogens (tertiary/aromatic N) is 5. The van der Waals surface area contributed by atoms with Crippen LogP contribution in [0.25, 0.3) is 0 Å². The SMILES string of the molecule is Cn1cc(CN2CCC3(CCOC[C@@H]3COc3cnccn3)CC2)cn1. The summed E-state index contributed by atoms with van der Waals surface area (Å²) in [4.78, 5) is 10.8. The van der Waals surface area contributed by atoms with E-state index in [0.29, 0.717) is 23.8 Å². The van der Waals surface area contributed by atoms with E-state index in [2.05, 4.69) is 26.2 Å². The van der Waals surface area contributed by atoms with E-state index in [-0.39, 0.29) is 0 Å². The van der Waals surface area contributed by atoms with Crippen LogP contribution in [0.15, 0.2) is 31.0 Å². The summed E-state index contributed by atoms with van der Waals surface area (Å²) < 4.78 is 13.6. The smallest absolute Gasteiger partial charge is 0.232 e. The molecule has 4 heterocycles. The molecule has 0 saturated carbocycles. The zero-order chi connectivity index (χ0) is 17.8. The third-order valence-electron chi connectivity index (χ3n) is 5.92. The molecule has 0 bridgehead atoms. The Balaban J connectivity index is 1.35. The van der Waals surface area contributed by atoms with Gasteiger partial charge in [0.15, 0.2) is 0 Å². The molecule has 2 aliphatic rings. The highest BCUT2D eigenvalue weighted by molar-refractivity contribution is 5.05. The first-order valence-corrected chi connectivity index (χ1v) is 9.40. The summed E-state index contributed by atoms with van der Waals surface area (Å²) in [7, 11) is 1.97. The molecular formula is C19H27N5O2. The quantitative estimate of drug-likeness (QED) is 0.814. The molecule has 26 heavy (non-hydrogen) atoms. The van der Waals surface area contributed by atoms with E-state index in [1.165, 1.54) is 18.4 Å². The van der Waals surface area contributed by atoms with Gasteiger partial charge in [0.05, 0.1) is 25.6 Å². The minimum atomic E-state index is 0.325. The normalized spacial score (nSPS) is 23.2. The van der Waals surface area contributed by atoms with E-state index < -0.39 is 0 Å². The van der Waals surface area contributed by atoms with Crippen molar-refractivity contribution < 1.29 is 9.47 Å². The summed E-state index contributed by atoms with van der Waals surface area (Å²) >= 11 is 0. The second-order valence-electron chi connectivity index (χ2n) is 7.54. The number of ether oxygens (including phenoxy) is 2. The van der Waals surface area contributed by atoms with Crippen LogP contribution in [-0.4, -0.2) is 57.6 Å². The summed E-state index contributed by atoms with van der Waals surface area (Å²) in [5.41, 5.74) is 1.62. The lowest BCUT2D eigenvalue weighted by atomic mass is 9.66. The van der Waals surface area contributed by atoms with Crippen LogP contribution in [0.4, 0.5) is 0 Å². The van der Waals surface area contributed by atoms with Crippen molar-refractivity contribution in [1.82, 2.24) is 24.6 Å². The molecule has 2 aromatic heterocycles. The zero-order valence-corrected chi connectivity index (χ0v) is 15.4. The second-order valence-corrected chi connectivity index (χ2v) is 7.54. The molecule has 0 N–H and O–H groups in total. The molecule has 1 atom stereocenters. The third kappa shape index (κ3) is 3.88. The van der Waals surface area contributed by atoms with Gasteiger partial charge in [0.1, 0.15) is 0 Å². The highest BCUT2D eigenvalue weighted by Crippen LogP contribution is 2.45. The summed E-state index contributed by atoms with van der Waals surface area (Å²) in [5, 5.41) is 4.28. The molecule has 2 aromatic rings. The summed E-state index contributed by atoms with van der Waals surface area (Å²) in [6.07, 6.45) is 12.6. The van der Waals surface area contributed by atoms with Gasteiger partial charge in [-0.25, -0.2) is 4.98 Å². The van der Waals surface area contributed by atoms with E-state index in [0.717, 1.165) is 39.3 Å². The van der Waals surface area contributed by atoms with Crippen molar-refractivity contribution in [3.8, 4) is 5.88 Å². The lowest BCUT2D eigenvalue weighted by Crippen LogP contribution is -2.49. The Bertz CT molecular complexity index is 697. The topological polar surface area (TPSA) is 65.3 Å². The van der Waals surface area contributed by atoms with Crippen molar-refractivity contribution in [3.05, 3.63) is 36.5 Å². The molecule has 140 valence electrons. The second kappa shape index (κ2) is 7.72. The summed E-state index contributed by atoms with van der Waals surface area (Å²) in [5.74, 6) is 1.01. The molecule has 4 rings (SSSR count). The Labute approximate surface area is 154 Å². The molecular weight excluding hydrogens is 330 g/mol. The van der Waals surface area contributed by atoms with E-state index >= 15 is 0 Å². The molecule has 0 aliphatic carbocycles. The van der Waals surface area contributed by atoms with Crippen LogP contribution < -0.4 is 4.74 Å². The lowest BCUT2D eigenvalue weighted by molar-refractivity contribution is -0.0867. The molecule has 2 fully saturated rings. The van der Waals surface area contributed by atoms with Gasteiger partial charge in [-0.1, -0.05) is 0 Å². The Hall–Kier alpha value is -1.99. The monoisotopic (exact) mass is 357 g/mol. The molecule has 0 radical (unpaired) electrons. The van der Waals surface area contributed by atoms with Crippen molar-refractivity contribution in [2.75, 3.05) is 32.9 Å². The zero-order valence-electron chi connectivity index (χ0n) is 15.4. The molecule has 0 unspecified atom stereocenters. The number of hydrogen-bond acceptors (Lipinski definition) is 6. The highest BCUT2D eigenvalue weighted by atomic mass is 16.5. The Morgan fingerprint density at radius 1 is 1.23 bits per heavy atom. The first kappa shape index (κ1) is 17.4. The minimum absolute atomic E-state index is 0.325. The Kier molecular flexibility index (Phi) is 5.17. The van der Waals surface area contributed by atoms with E-state index in [1.807, 2.05) is 17.9 Å². The van der Waals surface area contributed by atoms with Crippen LogP contribution in [0, 0.1) is 11.3 Å².